The van der Waals surface area contributed by atoms with Crippen LogP contribution in [0.2, 0.25) is 0 Å². The van der Waals surface area contributed by atoms with Gasteiger partial charge in [-0.2, -0.15) is 0 Å². The molecule has 1 aromatic heterocycles. The molecular formula is C17H27NS. The highest BCUT2D eigenvalue weighted by Crippen LogP contribution is 2.34. The minimum absolute atomic E-state index is 0.860. The molecule has 2 aliphatic rings. The van der Waals surface area contributed by atoms with Crippen LogP contribution in [0.15, 0.2) is 12.1 Å². The quantitative estimate of drug-likeness (QED) is 0.778. The number of hydrogen-bond acceptors (Lipinski definition) is 2. The fourth-order valence-electron chi connectivity index (χ4n) is 3.42. The van der Waals surface area contributed by atoms with Crippen LogP contribution in [-0.2, 0) is 12.8 Å². The van der Waals surface area contributed by atoms with Gasteiger partial charge >= 0.3 is 0 Å². The van der Waals surface area contributed by atoms with Crippen LogP contribution in [-0.4, -0.2) is 12.6 Å². The summed E-state index contributed by atoms with van der Waals surface area (Å²) >= 11 is 2.04. The van der Waals surface area contributed by atoms with E-state index in [0.29, 0.717) is 0 Å². The van der Waals surface area contributed by atoms with Crippen LogP contribution >= 0.6 is 11.3 Å². The second-order valence-corrected chi connectivity index (χ2v) is 7.67. The standard InChI is InChI=1S/C17H27NS/c1-2-16-9-10-17(19-16)11-14(12-18-15-7-8-15)13-5-3-4-6-13/h9-10,13-15,18H,2-8,11-12H2,1H3. The van der Waals surface area contributed by atoms with E-state index in [9.17, 15) is 0 Å². The Labute approximate surface area is 121 Å². The average molecular weight is 277 g/mol. The molecule has 106 valence electrons. The summed E-state index contributed by atoms with van der Waals surface area (Å²) in [6.45, 7) is 3.52. The van der Waals surface area contributed by atoms with Gasteiger partial charge in [0.15, 0.2) is 0 Å². The van der Waals surface area contributed by atoms with Gasteiger partial charge in [-0.1, -0.05) is 32.6 Å². The number of hydrogen-bond donors (Lipinski definition) is 1. The van der Waals surface area contributed by atoms with Crippen LogP contribution < -0.4 is 5.32 Å². The second-order valence-electron chi connectivity index (χ2n) is 6.41. The Morgan fingerprint density at radius 2 is 1.89 bits per heavy atom. The zero-order valence-electron chi connectivity index (χ0n) is 12.2. The average Bonchev–Trinajstić information content (AvgIpc) is 2.94. The molecule has 1 N–H and O–H groups in total. The molecule has 0 spiro atoms. The Kier molecular flexibility index (Phi) is 4.60. The molecule has 2 heteroatoms. The summed E-state index contributed by atoms with van der Waals surface area (Å²) in [6.07, 6.45) is 11.2. The second kappa shape index (κ2) is 6.41. The van der Waals surface area contributed by atoms with Gasteiger partial charge in [-0.05, 0) is 56.2 Å². The molecule has 0 amide bonds. The van der Waals surface area contributed by atoms with Crippen molar-refractivity contribution in [1.82, 2.24) is 5.32 Å². The maximum atomic E-state index is 3.78. The Morgan fingerprint density at radius 3 is 2.53 bits per heavy atom. The Balaban J connectivity index is 1.59. The van der Waals surface area contributed by atoms with Crippen LogP contribution in [0.1, 0.15) is 55.2 Å². The molecule has 2 fully saturated rings. The third-order valence-corrected chi connectivity index (χ3v) is 6.09. The van der Waals surface area contributed by atoms with Gasteiger partial charge in [-0.25, -0.2) is 0 Å². The van der Waals surface area contributed by atoms with E-state index in [4.69, 9.17) is 0 Å². The van der Waals surface area contributed by atoms with Crippen LogP contribution in [0, 0.1) is 11.8 Å². The van der Waals surface area contributed by atoms with Gasteiger partial charge in [0.05, 0.1) is 0 Å². The van der Waals surface area contributed by atoms with Gasteiger partial charge in [0.2, 0.25) is 0 Å². The van der Waals surface area contributed by atoms with E-state index in [1.54, 1.807) is 9.75 Å². The summed E-state index contributed by atoms with van der Waals surface area (Å²) in [7, 11) is 0. The van der Waals surface area contributed by atoms with Crippen molar-refractivity contribution in [1.29, 1.82) is 0 Å². The first-order valence-corrected chi connectivity index (χ1v) is 8.97. The fraction of sp³-hybridized carbons (Fsp3) is 0.765. The number of nitrogens with one attached hydrogen (secondary N) is 1. The van der Waals surface area contributed by atoms with E-state index in [1.807, 2.05) is 11.3 Å². The SMILES string of the molecule is CCc1ccc(CC(CNC2CC2)C2CCCC2)s1. The van der Waals surface area contributed by atoms with Crippen molar-refractivity contribution in [2.45, 2.75) is 64.3 Å². The van der Waals surface area contributed by atoms with Gasteiger partial charge in [-0.3, -0.25) is 0 Å². The third kappa shape index (κ3) is 3.82. The molecule has 0 radical (unpaired) electrons. The van der Waals surface area contributed by atoms with Crippen molar-refractivity contribution in [3.63, 3.8) is 0 Å². The number of rotatable bonds is 7. The van der Waals surface area contributed by atoms with Gasteiger partial charge in [-0.15, -0.1) is 11.3 Å². The van der Waals surface area contributed by atoms with Crippen molar-refractivity contribution in [3.8, 4) is 0 Å². The highest BCUT2D eigenvalue weighted by molar-refractivity contribution is 7.11. The first-order valence-electron chi connectivity index (χ1n) is 8.16. The maximum Gasteiger partial charge on any atom is 0.00683 e. The molecule has 1 atom stereocenters. The summed E-state index contributed by atoms with van der Waals surface area (Å²) in [5.41, 5.74) is 0. The van der Waals surface area contributed by atoms with Crippen molar-refractivity contribution >= 4 is 11.3 Å². The summed E-state index contributed by atoms with van der Waals surface area (Å²) in [5.74, 6) is 1.87. The molecule has 0 saturated heterocycles. The molecule has 0 aromatic carbocycles. The summed E-state index contributed by atoms with van der Waals surface area (Å²) < 4.78 is 0. The van der Waals surface area contributed by atoms with Crippen molar-refractivity contribution in [2.24, 2.45) is 11.8 Å². The summed E-state index contributed by atoms with van der Waals surface area (Å²) in [5, 5.41) is 3.78. The molecular weight excluding hydrogens is 250 g/mol. The Hall–Kier alpha value is -0.340. The minimum atomic E-state index is 0.860. The van der Waals surface area contributed by atoms with Gasteiger partial charge in [0.1, 0.15) is 0 Å². The van der Waals surface area contributed by atoms with Crippen LogP contribution in [0.25, 0.3) is 0 Å². The van der Waals surface area contributed by atoms with Gasteiger partial charge in [0, 0.05) is 15.8 Å². The lowest BCUT2D eigenvalue weighted by Gasteiger charge is -2.23. The third-order valence-electron chi connectivity index (χ3n) is 4.84. The normalized spacial score (nSPS) is 21.9. The van der Waals surface area contributed by atoms with E-state index >= 15 is 0 Å². The van der Waals surface area contributed by atoms with Crippen LogP contribution in [0.5, 0.6) is 0 Å². The smallest absolute Gasteiger partial charge is 0.00683 e. The molecule has 3 rings (SSSR count). The molecule has 0 aliphatic heterocycles. The van der Waals surface area contributed by atoms with E-state index in [1.165, 1.54) is 57.9 Å². The molecule has 1 unspecified atom stereocenters. The molecule has 19 heavy (non-hydrogen) atoms. The van der Waals surface area contributed by atoms with Gasteiger partial charge < -0.3 is 5.32 Å². The van der Waals surface area contributed by atoms with Crippen molar-refractivity contribution in [3.05, 3.63) is 21.9 Å². The van der Waals surface area contributed by atoms with E-state index in [2.05, 4.69) is 24.4 Å². The highest BCUT2D eigenvalue weighted by Gasteiger charge is 2.28. The Morgan fingerprint density at radius 1 is 1.16 bits per heavy atom. The van der Waals surface area contributed by atoms with E-state index < -0.39 is 0 Å². The lowest BCUT2D eigenvalue weighted by molar-refractivity contribution is 0.321. The molecule has 1 aromatic rings. The van der Waals surface area contributed by atoms with Gasteiger partial charge in [0.25, 0.3) is 0 Å². The summed E-state index contributed by atoms with van der Waals surface area (Å²) in [4.78, 5) is 3.17. The zero-order valence-corrected chi connectivity index (χ0v) is 13.0. The monoisotopic (exact) mass is 277 g/mol. The largest absolute Gasteiger partial charge is 0.314 e. The van der Waals surface area contributed by atoms with E-state index in [-0.39, 0.29) is 0 Å². The van der Waals surface area contributed by atoms with Crippen LogP contribution in [0.4, 0.5) is 0 Å². The molecule has 2 aliphatic carbocycles. The first-order chi connectivity index (χ1) is 9.35. The van der Waals surface area contributed by atoms with Crippen LogP contribution in [0.3, 0.4) is 0 Å². The molecule has 1 nitrogen and oxygen atoms in total. The fourth-order valence-corrected chi connectivity index (χ4v) is 4.47. The number of aryl methyl sites for hydroxylation is 1. The predicted octanol–water partition coefficient (Wildman–Crippen LogP) is 4.41. The number of thiophene rings is 1. The topological polar surface area (TPSA) is 12.0 Å². The van der Waals surface area contributed by atoms with Crippen molar-refractivity contribution < 1.29 is 0 Å². The lowest BCUT2D eigenvalue weighted by Crippen LogP contribution is -2.30. The minimum Gasteiger partial charge on any atom is -0.314 e. The predicted molar refractivity (Wildman–Crippen MR) is 83.9 cm³/mol. The Bertz CT molecular complexity index is 388. The van der Waals surface area contributed by atoms with E-state index in [0.717, 1.165) is 17.9 Å². The zero-order chi connectivity index (χ0) is 13.1. The highest BCUT2D eigenvalue weighted by atomic mass is 32.1. The molecule has 0 bridgehead atoms. The first kappa shape index (κ1) is 13.6. The molecule has 2 saturated carbocycles. The maximum absolute atomic E-state index is 3.78. The summed E-state index contributed by atoms with van der Waals surface area (Å²) in [6, 6.07) is 5.57. The van der Waals surface area contributed by atoms with Crippen molar-refractivity contribution in [2.75, 3.05) is 6.54 Å². The molecule has 1 heterocycles. The lowest BCUT2D eigenvalue weighted by atomic mass is 9.87.